The first-order chi connectivity index (χ1) is 15.9. The van der Waals surface area contributed by atoms with E-state index in [1.165, 1.54) is 11.0 Å². The zero-order valence-electron chi connectivity index (χ0n) is 20.0. The highest BCUT2D eigenvalue weighted by Gasteiger charge is 2.48. The van der Waals surface area contributed by atoms with E-state index in [1.54, 1.807) is 20.8 Å². The van der Waals surface area contributed by atoms with Gasteiger partial charge in [-0.15, -0.1) is 0 Å². The Balaban J connectivity index is 1.85. The Bertz CT molecular complexity index is 891. The minimum atomic E-state index is -1.54. The van der Waals surface area contributed by atoms with E-state index in [0.29, 0.717) is 12.8 Å². The maximum Gasteiger partial charge on any atom is 0.408 e. The molecule has 4 N–H and O–H groups in total. The number of allylic oxidation sites excluding steroid dienone is 2. The van der Waals surface area contributed by atoms with Crippen LogP contribution in [0.2, 0.25) is 0 Å². The number of alkyl carbamates (subject to hydrolysis) is 1. The van der Waals surface area contributed by atoms with Gasteiger partial charge in [-0.05, 0) is 51.7 Å². The number of aliphatic hydroxyl groups is 1. The number of hydrogen-bond acceptors (Lipinski definition) is 6. The number of ether oxygens (including phenoxy) is 1. The number of aliphatic carboxylic acids is 1. The molecular formula is C24H35N3O7. The van der Waals surface area contributed by atoms with Gasteiger partial charge in [-0.25, -0.2) is 9.59 Å². The lowest BCUT2D eigenvalue weighted by Gasteiger charge is -2.37. The summed E-state index contributed by atoms with van der Waals surface area (Å²) in [5.74, 6) is -2.32. The largest absolute Gasteiger partial charge is 0.479 e. The third-order valence-electron chi connectivity index (χ3n) is 6.19. The van der Waals surface area contributed by atoms with Crippen molar-refractivity contribution in [3.05, 3.63) is 23.8 Å². The summed E-state index contributed by atoms with van der Waals surface area (Å²) in [6, 6.07) is -1.97. The summed E-state index contributed by atoms with van der Waals surface area (Å²) in [6.45, 7) is 5.08. The molecule has 3 amide bonds. The Hall–Kier alpha value is -2.88. The van der Waals surface area contributed by atoms with E-state index < -0.39 is 53.2 Å². The molecule has 3 heterocycles. The molecule has 34 heavy (non-hydrogen) atoms. The number of carbonyl (C=O) groups excluding carboxylic acids is 3. The van der Waals surface area contributed by atoms with Crippen LogP contribution >= 0.6 is 0 Å². The minimum Gasteiger partial charge on any atom is -0.479 e. The van der Waals surface area contributed by atoms with Gasteiger partial charge in [0.05, 0.1) is 6.10 Å². The second-order valence-electron chi connectivity index (χ2n) is 10.3. The maximum absolute atomic E-state index is 13.4. The van der Waals surface area contributed by atoms with Crippen molar-refractivity contribution < 1.29 is 34.1 Å². The average Bonchev–Trinajstić information content (AvgIpc) is 3.08. The summed E-state index contributed by atoms with van der Waals surface area (Å²) >= 11 is 0. The fourth-order valence-corrected chi connectivity index (χ4v) is 4.53. The Kier molecular flexibility index (Phi) is 7.70. The number of carboxylic acid groups (broad SMARTS) is 1. The number of aliphatic hydroxyl groups excluding tert-OH is 1. The standard InChI is InChI=1S/C24H35N3O7/c1-23(2,3)34-22(33)25-17-10-8-6-4-5-7-9-15-12-24(13-15,21(31)32)26-19(29)18-11-16(28)14-27(18)20(17)30/h7,9,12,16-18,28H,4-6,8,10-11,13-14H2,1-3H3,(H,25,33)(H,26,29)(H,31,32)/b9-7-/t16-,17+,18+,24-/m1/s1. The van der Waals surface area contributed by atoms with E-state index in [2.05, 4.69) is 10.6 Å². The van der Waals surface area contributed by atoms with E-state index in [9.17, 15) is 29.4 Å². The second kappa shape index (κ2) is 10.2. The van der Waals surface area contributed by atoms with Crippen molar-refractivity contribution in [2.45, 2.75) is 95.0 Å². The molecule has 1 saturated heterocycles. The van der Waals surface area contributed by atoms with Crippen molar-refractivity contribution >= 4 is 23.9 Å². The van der Waals surface area contributed by atoms with Crippen LogP contribution < -0.4 is 10.6 Å². The van der Waals surface area contributed by atoms with Crippen molar-refractivity contribution in [3.8, 4) is 0 Å². The zero-order valence-corrected chi connectivity index (χ0v) is 20.0. The number of fused-ring (bicyclic) bond motifs is 8. The van der Waals surface area contributed by atoms with Gasteiger partial charge in [0.1, 0.15) is 17.7 Å². The Morgan fingerprint density at radius 3 is 2.59 bits per heavy atom. The first-order valence-corrected chi connectivity index (χ1v) is 11.8. The number of carbonyl (C=O) groups is 4. The van der Waals surface area contributed by atoms with Gasteiger partial charge in [0.15, 0.2) is 5.54 Å². The Morgan fingerprint density at radius 2 is 1.94 bits per heavy atom. The van der Waals surface area contributed by atoms with Crippen molar-refractivity contribution in [1.82, 2.24) is 15.5 Å². The van der Waals surface area contributed by atoms with E-state index in [4.69, 9.17) is 4.74 Å². The normalized spacial score (nSPS) is 31.5. The predicted molar refractivity (Wildman–Crippen MR) is 123 cm³/mol. The van der Waals surface area contributed by atoms with Crippen molar-refractivity contribution in [3.63, 3.8) is 0 Å². The molecule has 0 spiro atoms. The maximum atomic E-state index is 13.4. The van der Waals surface area contributed by atoms with Crippen LogP contribution in [0.25, 0.3) is 0 Å². The van der Waals surface area contributed by atoms with Gasteiger partial charge in [0, 0.05) is 19.4 Å². The molecule has 0 aromatic heterocycles. The van der Waals surface area contributed by atoms with Gasteiger partial charge in [-0.1, -0.05) is 25.0 Å². The second-order valence-corrected chi connectivity index (χ2v) is 10.3. The molecule has 10 heteroatoms. The Morgan fingerprint density at radius 1 is 1.24 bits per heavy atom. The van der Waals surface area contributed by atoms with Crippen LogP contribution in [0, 0.1) is 0 Å². The smallest absolute Gasteiger partial charge is 0.408 e. The molecule has 2 bridgehead atoms. The van der Waals surface area contributed by atoms with Crippen LogP contribution in [0.15, 0.2) is 23.8 Å². The summed E-state index contributed by atoms with van der Waals surface area (Å²) < 4.78 is 5.31. The fraction of sp³-hybridized carbons (Fsp3) is 0.667. The highest BCUT2D eigenvalue weighted by atomic mass is 16.6. The molecule has 0 radical (unpaired) electrons. The van der Waals surface area contributed by atoms with Gasteiger partial charge < -0.3 is 30.5 Å². The monoisotopic (exact) mass is 477 g/mol. The van der Waals surface area contributed by atoms with Crippen LogP contribution in [-0.4, -0.2) is 74.9 Å². The molecule has 10 nitrogen and oxygen atoms in total. The molecule has 0 aromatic carbocycles. The summed E-state index contributed by atoms with van der Waals surface area (Å²) in [7, 11) is 0. The molecule has 1 fully saturated rings. The summed E-state index contributed by atoms with van der Waals surface area (Å²) in [4.78, 5) is 52.1. The lowest BCUT2D eigenvalue weighted by atomic mass is 9.78. The lowest BCUT2D eigenvalue weighted by molar-refractivity contribution is -0.148. The van der Waals surface area contributed by atoms with Gasteiger partial charge in [0.25, 0.3) is 0 Å². The van der Waals surface area contributed by atoms with Crippen molar-refractivity contribution in [2.75, 3.05) is 6.54 Å². The van der Waals surface area contributed by atoms with Gasteiger partial charge in [-0.2, -0.15) is 0 Å². The first kappa shape index (κ1) is 25.7. The molecule has 0 saturated carbocycles. The third-order valence-corrected chi connectivity index (χ3v) is 6.19. The quantitative estimate of drug-likeness (QED) is 0.473. The number of carboxylic acids is 1. The van der Waals surface area contributed by atoms with Gasteiger partial charge in [-0.3, -0.25) is 9.59 Å². The topological polar surface area (TPSA) is 145 Å². The number of nitrogens with zero attached hydrogens (tertiary/aromatic N) is 1. The number of rotatable bonds is 2. The van der Waals surface area contributed by atoms with E-state index in [1.807, 2.05) is 12.2 Å². The minimum absolute atomic E-state index is 0.0110. The van der Waals surface area contributed by atoms with Crippen molar-refractivity contribution in [2.24, 2.45) is 0 Å². The molecule has 4 atom stereocenters. The predicted octanol–water partition coefficient (Wildman–Crippen LogP) is 1.63. The number of hydrogen-bond donors (Lipinski definition) is 4. The summed E-state index contributed by atoms with van der Waals surface area (Å²) in [5.41, 5.74) is -1.45. The van der Waals surface area contributed by atoms with Crippen LogP contribution in [0.5, 0.6) is 0 Å². The molecule has 4 rings (SSSR count). The average molecular weight is 478 g/mol. The highest BCUT2D eigenvalue weighted by Crippen LogP contribution is 2.33. The van der Waals surface area contributed by atoms with Crippen LogP contribution in [0.1, 0.15) is 65.7 Å². The SMILES string of the molecule is CC(C)(C)OC(=O)N[C@H]1CCCCC/C=C\C2=C[C@](C(=O)O)(C2)NC(=O)[C@@H]2C[C@@H](O)CN2C1=O. The van der Waals surface area contributed by atoms with Gasteiger partial charge in [0.2, 0.25) is 11.8 Å². The molecule has 0 aromatic rings. The molecule has 188 valence electrons. The summed E-state index contributed by atoms with van der Waals surface area (Å²) in [5, 5.41) is 25.2. The summed E-state index contributed by atoms with van der Waals surface area (Å²) in [6.07, 6.45) is 7.37. The Labute approximate surface area is 199 Å². The van der Waals surface area contributed by atoms with Gasteiger partial charge >= 0.3 is 12.1 Å². The number of amides is 3. The van der Waals surface area contributed by atoms with E-state index in [0.717, 1.165) is 24.8 Å². The molecule has 4 aliphatic rings. The molecular weight excluding hydrogens is 442 g/mol. The number of nitrogens with one attached hydrogen (secondary N) is 2. The van der Waals surface area contributed by atoms with E-state index >= 15 is 0 Å². The first-order valence-electron chi connectivity index (χ1n) is 11.8. The van der Waals surface area contributed by atoms with Crippen LogP contribution in [0.3, 0.4) is 0 Å². The zero-order chi connectivity index (χ0) is 25.1. The highest BCUT2D eigenvalue weighted by molar-refractivity contribution is 5.96. The lowest BCUT2D eigenvalue weighted by Crippen LogP contribution is -2.61. The molecule has 0 unspecified atom stereocenters. The van der Waals surface area contributed by atoms with Crippen LogP contribution in [-0.2, 0) is 19.1 Å². The molecule has 3 aliphatic heterocycles. The third kappa shape index (κ3) is 6.16. The van der Waals surface area contributed by atoms with E-state index in [-0.39, 0.29) is 19.4 Å². The fourth-order valence-electron chi connectivity index (χ4n) is 4.53. The van der Waals surface area contributed by atoms with Crippen LogP contribution in [0.4, 0.5) is 4.79 Å². The molecule has 1 aliphatic carbocycles. The van der Waals surface area contributed by atoms with Crippen molar-refractivity contribution in [1.29, 1.82) is 0 Å².